The molecule has 0 fully saturated rings. The maximum Gasteiger partial charge on any atom is 0.198 e. The molecular formula is C10H15NO2. The Kier molecular flexibility index (Phi) is 3.55. The molecule has 1 heterocycles. The predicted molar refractivity (Wildman–Crippen MR) is 51.6 cm³/mol. The summed E-state index contributed by atoms with van der Waals surface area (Å²) >= 11 is 0. The Morgan fingerprint density at radius 2 is 2.23 bits per heavy atom. The molecule has 3 nitrogen and oxygen atoms in total. The van der Waals surface area contributed by atoms with Crippen molar-refractivity contribution in [2.75, 3.05) is 5.73 Å². The maximum absolute atomic E-state index is 11.4. The van der Waals surface area contributed by atoms with Crippen LogP contribution in [0.1, 0.15) is 43.2 Å². The normalized spacial score (nSPS) is 10.2. The van der Waals surface area contributed by atoms with Crippen molar-refractivity contribution in [3.05, 3.63) is 17.9 Å². The summed E-state index contributed by atoms with van der Waals surface area (Å²) in [4.78, 5) is 11.4. The second-order valence-electron chi connectivity index (χ2n) is 3.08. The van der Waals surface area contributed by atoms with E-state index < -0.39 is 0 Å². The van der Waals surface area contributed by atoms with E-state index in [9.17, 15) is 4.79 Å². The van der Waals surface area contributed by atoms with Crippen LogP contribution in [-0.2, 0) is 0 Å². The molecule has 0 saturated heterocycles. The van der Waals surface area contributed by atoms with Gasteiger partial charge in [0, 0.05) is 12.5 Å². The van der Waals surface area contributed by atoms with Crippen molar-refractivity contribution in [2.45, 2.75) is 32.6 Å². The minimum absolute atomic E-state index is 0.0464. The lowest BCUT2D eigenvalue weighted by atomic mass is 10.1. The summed E-state index contributed by atoms with van der Waals surface area (Å²) in [6, 6.07) is 3.23. The average Bonchev–Trinajstić information content (AvgIpc) is 2.52. The summed E-state index contributed by atoms with van der Waals surface area (Å²) in [5.74, 6) is 0.734. The number of anilines is 1. The molecule has 13 heavy (non-hydrogen) atoms. The summed E-state index contributed by atoms with van der Waals surface area (Å²) in [6.07, 6.45) is 3.69. The lowest BCUT2D eigenvalue weighted by molar-refractivity contribution is 0.0953. The third kappa shape index (κ3) is 2.93. The predicted octanol–water partition coefficient (Wildman–Crippen LogP) is 2.62. The molecule has 0 spiro atoms. The number of furan rings is 1. The van der Waals surface area contributed by atoms with Crippen LogP contribution in [-0.4, -0.2) is 5.78 Å². The highest BCUT2D eigenvalue weighted by Crippen LogP contribution is 2.13. The Morgan fingerprint density at radius 3 is 2.77 bits per heavy atom. The van der Waals surface area contributed by atoms with Gasteiger partial charge in [-0.25, -0.2) is 0 Å². The highest BCUT2D eigenvalue weighted by Gasteiger charge is 2.08. The zero-order valence-corrected chi connectivity index (χ0v) is 7.88. The Labute approximate surface area is 77.9 Å². The van der Waals surface area contributed by atoms with Crippen LogP contribution in [0.25, 0.3) is 0 Å². The number of ketones is 1. The largest absolute Gasteiger partial charge is 0.438 e. The monoisotopic (exact) mass is 181 g/mol. The van der Waals surface area contributed by atoms with Gasteiger partial charge < -0.3 is 10.2 Å². The first-order valence-electron chi connectivity index (χ1n) is 4.62. The van der Waals surface area contributed by atoms with Gasteiger partial charge in [0.15, 0.2) is 17.4 Å². The maximum atomic E-state index is 11.4. The second-order valence-corrected chi connectivity index (χ2v) is 3.08. The lowest BCUT2D eigenvalue weighted by Gasteiger charge is -1.95. The van der Waals surface area contributed by atoms with Gasteiger partial charge in [-0.1, -0.05) is 19.8 Å². The minimum atomic E-state index is 0.0464. The third-order valence-electron chi connectivity index (χ3n) is 1.91. The Morgan fingerprint density at radius 1 is 1.46 bits per heavy atom. The Hall–Kier alpha value is -1.25. The second kappa shape index (κ2) is 4.70. The van der Waals surface area contributed by atoms with E-state index in [-0.39, 0.29) is 5.78 Å². The molecule has 0 amide bonds. The van der Waals surface area contributed by atoms with Crippen LogP contribution < -0.4 is 5.73 Å². The van der Waals surface area contributed by atoms with E-state index in [0.29, 0.717) is 18.1 Å². The molecule has 0 saturated carbocycles. The SMILES string of the molecule is CCCCCC(=O)c1ccc(N)o1. The van der Waals surface area contributed by atoms with Crippen molar-refractivity contribution in [1.82, 2.24) is 0 Å². The van der Waals surface area contributed by atoms with Gasteiger partial charge in [-0.05, 0) is 12.5 Å². The topological polar surface area (TPSA) is 56.2 Å². The van der Waals surface area contributed by atoms with Gasteiger partial charge in [-0.15, -0.1) is 0 Å². The molecule has 1 aromatic rings. The van der Waals surface area contributed by atoms with E-state index in [2.05, 4.69) is 6.92 Å². The van der Waals surface area contributed by atoms with E-state index in [0.717, 1.165) is 19.3 Å². The van der Waals surface area contributed by atoms with Crippen LogP contribution in [0.2, 0.25) is 0 Å². The molecule has 3 heteroatoms. The molecule has 0 aliphatic carbocycles. The summed E-state index contributed by atoms with van der Waals surface area (Å²) in [6.45, 7) is 2.11. The van der Waals surface area contributed by atoms with E-state index in [1.54, 1.807) is 12.1 Å². The van der Waals surface area contributed by atoms with Gasteiger partial charge in [0.2, 0.25) is 0 Å². The number of nitrogen functional groups attached to an aromatic ring is 1. The quantitative estimate of drug-likeness (QED) is 0.561. The first kappa shape index (κ1) is 9.84. The molecule has 2 N–H and O–H groups in total. The van der Waals surface area contributed by atoms with Crippen molar-refractivity contribution in [1.29, 1.82) is 0 Å². The molecule has 0 atom stereocenters. The van der Waals surface area contributed by atoms with E-state index in [1.165, 1.54) is 0 Å². The molecule has 0 unspecified atom stereocenters. The molecule has 0 radical (unpaired) electrons. The fourth-order valence-electron chi connectivity index (χ4n) is 1.16. The molecule has 1 aromatic heterocycles. The van der Waals surface area contributed by atoms with E-state index in [4.69, 9.17) is 10.2 Å². The van der Waals surface area contributed by atoms with Crippen molar-refractivity contribution >= 4 is 11.7 Å². The summed E-state index contributed by atoms with van der Waals surface area (Å²) in [5, 5.41) is 0. The summed E-state index contributed by atoms with van der Waals surface area (Å²) in [5.41, 5.74) is 5.35. The van der Waals surface area contributed by atoms with Crippen LogP contribution in [0.3, 0.4) is 0 Å². The van der Waals surface area contributed by atoms with Gasteiger partial charge >= 0.3 is 0 Å². The van der Waals surface area contributed by atoms with Crippen LogP contribution in [0.5, 0.6) is 0 Å². The van der Waals surface area contributed by atoms with Gasteiger partial charge in [-0.2, -0.15) is 0 Å². The first-order chi connectivity index (χ1) is 6.24. The van der Waals surface area contributed by atoms with Gasteiger partial charge in [0.1, 0.15) is 0 Å². The summed E-state index contributed by atoms with van der Waals surface area (Å²) < 4.78 is 5.00. The number of carbonyl (C=O) groups excluding carboxylic acids is 1. The number of nitrogens with two attached hydrogens (primary N) is 1. The molecule has 72 valence electrons. The molecule has 0 aliphatic rings. The number of rotatable bonds is 5. The highest BCUT2D eigenvalue weighted by molar-refractivity contribution is 5.93. The molecular weight excluding hydrogens is 166 g/mol. The minimum Gasteiger partial charge on any atom is -0.438 e. The number of Topliss-reactive ketones (excluding diaryl/α,β-unsaturated/α-hetero) is 1. The highest BCUT2D eigenvalue weighted by atomic mass is 16.4. The van der Waals surface area contributed by atoms with E-state index in [1.807, 2.05) is 0 Å². The molecule has 0 aromatic carbocycles. The standard InChI is InChI=1S/C10H15NO2/c1-2-3-4-5-8(12)9-6-7-10(11)13-9/h6-7H,2-5,11H2,1H3. The number of carbonyl (C=O) groups is 1. The van der Waals surface area contributed by atoms with Gasteiger partial charge in [-0.3, -0.25) is 4.79 Å². The molecule has 0 aliphatic heterocycles. The zero-order chi connectivity index (χ0) is 9.68. The molecule has 0 bridgehead atoms. The third-order valence-corrected chi connectivity index (χ3v) is 1.91. The van der Waals surface area contributed by atoms with Gasteiger partial charge in [0.25, 0.3) is 0 Å². The Balaban J connectivity index is 2.40. The van der Waals surface area contributed by atoms with Crippen LogP contribution in [0.4, 0.5) is 5.88 Å². The number of hydrogen-bond donors (Lipinski definition) is 1. The van der Waals surface area contributed by atoms with Crippen LogP contribution >= 0.6 is 0 Å². The van der Waals surface area contributed by atoms with Crippen molar-refractivity contribution in [3.8, 4) is 0 Å². The summed E-state index contributed by atoms with van der Waals surface area (Å²) in [7, 11) is 0. The Bertz CT molecular complexity index is 278. The van der Waals surface area contributed by atoms with E-state index >= 15 is 0 Å². The van der Waals surface area contributed by atoms with Crippen LogP contribution in [0.15, 0.2) is 16.5 Å². The van der Waals surface area contributed by atoms with Gasteiger partial charge in [0.05, 0.1) is 0 Å². The molecule has 1 rings (SSSR count). The van der Waals surface area contributed by atoms with Crippen LogP contribution in [0, 0.1) is 0 Å². The first-order valence-corrected chi connectivity index (χ1v) is 4.62. The zero-order valence-electron chi connectivity index (χ0n) is 7.88. The lowest BCUT2D eigenvalue weighted by Crippen LogP contribution is -1.96. The van der Waals surface area contributed by atoms with Crippen molar-refractivity contribution in [2.24, 2.45) is 0 Å². The average molecular weight is 181 g/mol. The smallest absolute Gasteiger partial charge is 0.198 e. The number of unbranched alkanes of at least 4 members (excludes halogenated alkanes) is 2. The fourth-order valence-corrected chi connectivity index (χ4v) is 1.16. The van der Waals surface area contributed by atoms with Crippen molar-refractivity contribution < 1.29 is 9.21 Å². The van der Waals surface area contributed by atoms with Crippen molar-refractivity contribution in [3.63, 3.8) is 0 Å². The number of hydrogen-bond acceptors (Lipinski definition) is 3. The fraction of sp³-hybridized carbons (Fsp3) is 0.500.